The largest absolute Gasteiger partial charge is 0.276 e. The third-order valence-electron chi connectivity index (χ3n) is 2.95. The summed E-state index contributed by atoms with van der Waals surface area (Å²) in [6.07, 6.45) is 0.537. The van der Waals surface area contributed by atoms with Crippen molar-refractivity contribution < 1.29 is 9.63 Å². The summed E-state index contributed by atoms with van der Waals surface area (Å²) >= 11 is 38.6. The van der Waals surface area contributed by atoms with Gasteiger partial charge in [-0.1, -0.05) is 69.6 Å². The maximum atomic E-state index is 11.1. The number of hydrogen-bond donors (Lipinski definition) is 0. The molecule has 0 aliphatic heterocycles. The smallest absolute Gasteiger partial charge is 0.250 e. The Labute approximate surface area is 193 Å². The number of aromatic nitrogens is 3. The number of hydrogen-bond acceptors (Lipinski definition) is 5. The number of carbonyl (C=O) groups is 1. The molecule has 146 valence electrons. The van der Waals surface area contributed by atoms with E-state index in [0.29, 0.717) is 28.7 Å². The molecule has 0 aliphatic rings. The van der Waals surface area contributed by atoms with E-state index in [1.165, 1.54) is 0 Å². The highest BCUT2D eigenvalue weighted by molar-refractivity contribution is 9.10. The third-order valence-corrected chi connectivity index (χ3v) is 4.62. The summed E-state index contributed by atoms with van der Waals surface area (Å²) in [5, 5.41) is 1.07. The lowest BCUT2D eigenvalue weighted by atomic mass is 10.2. The first-order valence-corrected chi connectivity index (χ1v) is 10.1. The van der Waals surface area contributed by atoms with Crippen molar-refractivity contribution >= 4 is 97.6 Å². The van der Waals surface area contributed by atoms with Gasteiger partial charge in [0.05, 0.1) is 12.3 Å². The number of carbonyl (C=O) groups excluding carboxylic acids is 1. The van der Waals surface area contributed by atoms with Crippen molar-refractivity contribution in [1.82, 2.24) is 15.0 Å². The second-order valence-electron chi connectivity index (χ2n) is 4.81. The molecule has 0 N–H and O–H groups in total. The van der Waals surface area contributed by atoms with E-state index in [2.05, 4.69) is 30.9 Å². The Kier molecular flexibility index (Phi) is 7.84. The van der Waals surface area contributed by atoms with Crippen LogP contribution in [0.5, 0.6) is 0 Å². The lowest BCUT2D eigenvalue weighted by molar-refractivity contribution is -0.113. The monoisotopic (exact) mass is 554 g/mol. The molecular formula is C14H9BrCl6N4O2. The lowest BCUT2D eigenvalue weighted by Gasteiger charge is -2.18. The zero-order valence-electron chi connectivity index (χ0n) is 13.3. The van der Waals surface area contributed by atoms with Gasteiger partial charge in [-0.25, -0.2) is 15.0 Å². The fraction of sp³-hybridized carbons (Fsp3) is 0.286. The zero-order chi connectivity index (χ0) is 20.4. The maximum absolute atomic E-state index is 11.1. The van der Waals surface area contributed by atoms with Crippen LogP contribution in [0.4, 0.5) is 5.69 Å². The summed E-state index contributed by atoms with van der Waals surface area (Å²) in [4.78, 5) is 28.5. The van der Waals surface area contributed by atoms with Gasteiger partial charge in [0.2, 0.25) is 14.0 Å². The predicted molar refractivity (Wildman–Crippen MR) is 112 cm³/mol. The molecular weight excluding hydrogens is 549 g/mol. The van der Waals surface area contributed by atoms with Crippen LogP contribution >= 0.6 is 85.5 Å². The first-order valence-electron chi connectivity index (χ1n) is 7.05. The Morgan fingerprint density at radius 3 is 2.04 bits per heavy atom. The van der Waals surface area contributed by atoms with Crippen molar-refractivity contribution in [2.45, 2.75) is 14.5 Å². The van der Waals surface area contributed by atoms with Crippen molar-refractivity contribution in [3.05, 3.63) is 34.3 Å². The molecule has 13 heteroatoms. The number of nitrogens with zero attached hydrogens (tertiary/aromatic N) is 4. The molecule has 0 radical (unpaired) electrons. The maximum Gasteiger partial charge on any atom is 0.250 e. The van der Waals surface area contributed by atoms with Gasteiger partial charge in [0.1, 0.15) is 0 Å². The lowest BCUT2D eigenvalue weighted by Crippen LogP contribution is -2.21. The number of benzene rings is 1. The number of hydroxylamine groups is 1. The first-order chi connectivity index (χ1) is 12.5. The number of alkyl halides is 6. The van der Waals surface area contributed by atoms with Crippen molar-refractivity contribution in [3.63, 3.8) is 0 Å². The summed E-state index contributed by atoms with van der Waals surface area (Å²) in [5.74, 6) is -0.322. The molecule has 0 unspecified atom stereocenters. The highest BCUT2D eigenvalue weighted by Crippen LogP contribution is 2.41. The Morgan fingerprint density at radius 2 is 1.63 bits per heavy atom. The number of amides is 1. The Morgan fingerprint density at radius 1 is 1.07 bits per heavy atom. The van der Waals surface area contributed by atoms with Crippen molar-refractivity contribution in [2.24, 2.45) is 0 Å². The molecule has 0 spiro atoms. The quantitative estimate of drug-likeness (QED) is 0.261. The molecule has 0 bridgehead atoms. The van der Waals surface area contributed by atoms with E-state index in [1.54, 1.807) is 25.1 Å². The molecule has 0 saturated carbocycles. The van der Waals surface area contributed by atoms with E-state index in [-0.39, 0.29) is 17.5 Å². The van der Waals surface area contributed by atoms with Gasteiger partial charge in [-0.3, -0.25) is 9.63 Å². The number of anilines is 1. The molecule has 2 aromatic rings. The molecule has 2 rings (SSSR count). The minimum atomic E-state index is -1.96. The van der Waals surface area contributed by atoms with Crippen LogP contribution in [0, 0.1) is 0 Å². The van der Waals surface area contributed by atoms with Gasteiger partial charge in [0.25, 0.3) is 0 Å². The molecule has 0 fully saturated rings. The molecule has 1 aromatic carbocycles. The van der Waals surface area contributed by atoms with E-state index in [1.807, 2.05) is 0 Å². The zero-order valence-corrected chi connectivity index (χ0v) is 19.4. The van der Waals surface area contributed by atoms with Gasteiger partial charge in [-0.15, -0.1) is 0 Å². The molecule has 0 atom stereocenters. The summed E-state index contributed by atoms with van der Waals surface area (Å²) < 4.78 is -3.40. The standard InChI is InChI=1S/C14H9BrCl6N4O2/c1-2-27-25(6-26)7-3-4-8(9(15)5-7)10-22-11(13(16,17)18)24-12(23-10)14(19,20)21/h3-6H,2H2,1H3. The van der Waals surface area contributed by atoms with Gasteiger partial charge in [0.15, 0.2) is 17.5 Å². The van der Waals surface area contributed by atoms with Gasteiger partial charge in [-0.05, 0) is 41.1 Å². The van der Waals surface area contributed by atoms with Crippen LogP contribution in [-0.4, -0.2) is 28.0 Å². The Hall–Kier alpha value is -0.120. The summed E-state index contributed by atoms with van der Waals surface area (Å²) in [7, 11) is 0. The SMILES string of the molecule is CCON(C=O)c1ccc(-c2nc(C(Cl)(Cl)Cl)nc(C(Cl)(Cl)Cl)n2)c(Br)c1. The van der Waals surface area contributed by atoms with Crippen LogP contribution in [0.1, 0.15) is 18.6 Å². The van der Waals surface area contributed by atoms with Crippen molar-refractivity contribution in [3.8, 4) is 11.4 Å². The van der Waals surface area contributed by atoms with Crippen molar-refractivity contribution in [2.75, 3.05) is 11.7 Å². The van der Waals surface area contributed by atoms with E-state index in [4.69, 9.17) is 74.4 Å². The Bertz CT molecular complexity index is 811. The van der Waals surface area contributed by atoms with Crippen LogP contribution in [0.3, 0.4) is 0 Å². The van der Waals surface area contributed by atoms with Gasteiger partial charge in [0, 0.05) is 10.0 Å². The highest BCUT2D eigenvalue weighted by atomic mass is 79.9. The van der Waals surface area contributed by atoms with Gasteiger partial charge in [-0.2, -0.15) is 5.06 Å². The van der Waals surface area contributed by atoms with Gasteiger partial charge < -0.3 is 0 Å². The fourth-order valence-corrected chi connectivity index (χ4v) is 2.93. The van der Waals surface area contributed by atoms with Gasteiger partial charge >= 0.3 is 0 Å². The van der Waals surface area contributed by atoms with Crippen LogP contribution in [0.2, 0.25) is 0 Å². The second-order valence-corrected chi connectivity index (χ2v) is 10.2. The average Bonchev–Trinajstić information content (AvgIpc) is 2.57. The minimum absolute atomic E-state index is 0.0973. The van der Waals surface area contributed by atoms with Crippen molar-refractivity contribution in [1.29, 1.82) is 0 Å². The summed E-state index contributed by atoms with van der Waals surface area (Å²) in [6.45, 7) is 2.06. The fourth-order valence-electron chi connectivity index (χ4n) is 1.88. The first kappa shape index (κ1) is 23.2. The molecule has 1 heterocycles. The topological polar surface area (TPSA) is 68.2 Å². The molecule has 1 amide bonds. The normalized spacial score (nSPS) is 12.1. The number of halogens is 7. The second kappa shape index (κ2) is 9.13. The van der Waals surface area contributed by atoms with Crippen LogP contribution < -0.4 is 5.06 Å². The molecule has 27 heavy (non-hydrogen) atoms. The molecule has 0 saturated heterocycles. The number of rotatable bonds is 5. The van der Waals surface area contributed by atoms with Crippen LogP contribution in [0.15, 0.2) is 22.7 Å². The van der Waals surface area contributed by atoms with Crippen LogP contribution in [0.25, 0.3) is 11.4 Å². The summed E-state index contributed by atoms with van der Waals surface area (Å²) in [5.41, 5.74) is 0.953. The van der Waals surface area contributed by atoms with E-state index >= 15 is 0 Å². The highest BCUT2D eigenvalue weighted by Gasteiger charge is 2.34. The molecule has 1 aromatic heterocycles. The minimum Gasteiger partial charge on any atom is -0.276 e. The Balaban J connectivity index is 2.59. The molecule has 0 aliphatic carbocycles. The van der Waals surface area contributed by atoms with E-state index in [0.717, 1.165) is 5.06 Å². The van der Waals surface area contributed by atoms with Crippen LogP contribution in [-0.2, 0) is 17.2 Å². The van der Waals surface area contributed by atoms with E-state index < -0.39 is 7.59 Å². The molecule has 6 nitrogen and oxygen atoms in total. The predicted octanol–water partition coefficient (Wildman–Crippen LogP) is 5.87. The van der Waals surface area contributed by atoms with E-state index in [9.17, 15) is 4.79 Å². The third kappa shape index (κ3) is 5.93. The average molecular weight is 558 g/mol. The summed E-state index contributed by atoms with van der Waals surface area (Å²) in [6, 6.07) is 4.85.